The minimum absolute atomic E-state index is 0. The third kappa shape index (κ3) is 191. The van der Waals surface area contributed by atoms with Gasteiger partial charge in [-0.15, -0.1) is 0 Å². The molecular formula is HCl6KO4Os. The zero-order valence-corrected chi connectivity index (χ0v) is 11.3. The molecule has 0 aromatic heterocycles. The topological polar surface area (TPSA) is 68.3 Å². The second-order valence-corrected chi connectivity index (χ2v) is 90.9. The van der Waals surface area contributed by atoms with Crippen molar-refractivity contribution >= 4 is 109 Å². The summed E-state index contributed by atoms with van der Waals surface area (Å²) in [7, 11) is 22.8. The van der Waals surface area contributed by atoms with Gasteiger partial charge in [0.25, 0.3) is 0 Å². The molecule has 12 heteroatoms. The first-order chi connectivity index (χ1) is 3.16. The summed E-state index contributed by atoms with van der Waals surface area (Å²) < 4.78 is 30.0. The Morgan fingerprint density at radius 1 is 0.583 bits per heavy atom. The molecule has 0 aliphatic rings. The summed E-state index contributed by atoms with van der Waals surface area (Å²) in [5.41, 5.74) is 0. The van der Waals surface area contributed by atoms with Gasteiger partial charge >= 0.3 is 125 Å². The van der Waals surface area contributed by atoms with Gasteiger partial charge in [-0.3, -0.25) is 0 Å². The van der Waals surface area contributed by atoms with Gasteiger partial charge < -0.3 is 0 Å². The molecule has 0 saturated heterocycles. The van der Waals surface area contributed by atoms with Gasteiger partial charge in [0.1, 0.15) is 0 Å². The van der Waals surface area contributed by atoms with Gasteiger partial charge in [-0.1, -0.05) is 0 Å². The standard InChI is InChI=1S/6ClH.K.4O.Os.H/h6*1H;;;;;;;/q;;;;;;;;;;;+6;/p-6. The van der Waals surface area contributed by atoms with E-state index in [4.69, 9.17) is 0 Å². The van der Waals surface area contributed by atoms with E-state index in [1.807, 2.05) is 0 Å². The molecule has 0 aromatic rings. The Morgan fingerprint density at radius 2 is 0.583 bits per heavy atom. The first kappa shape index (κ1) is 17.6. The van der Waals surface area contributed by atoms with E-state index in [0.29, 0.717) is 0 Å². The van der Waals surface area contributed by atoms with Crippen LogP contribution in [0.1, 0.15) is 0 Å². The van der Waals surface area contributed by atoms with E-state index in [1.54, 1.807) is 0 Å². The summed E-state index contributed by atoms with van der Waals surface area (Å²) in [6.07, 6.45) is 0. The van der Waals surface area contributed by atoms with E-state index < -0.39 is 1.69 Å². The fourth-order valence-electron chi connectivity index (χ4n) is 0. The van der Waals surface area contributed by atoms with E-state index in [0.717, 1.165) is 0 Å². The molecule has 0 radical (unpaired) electrons. The third-order valence-electron chi connectivity index (χ3n) is 0. The van der Waals surface area contributed by atoms with Crippen molar-refractivity contribution in [1.82, 2.24) is 0 Å². The molecule has 0 amide bonds. The summed E-state index contributed by atoms with van der Waals surface area (Å²) in [6, 6.07) is 0. The van der Waals surface area contributed by atoms with E-state index in [1.165, 1.54) is 0 Å². The monoisotopic (exact) mass is 506 g/mol. The van der Waals surface area contributed by atoms with Gasteiger partial charge in [-0.25, -0.2) is 0 Å². The molecule has 0 unspecified atom stereocenters. The maximum absolute atomic E-state index is 12.5. The zero-order chi connectivity index (χ0) is 10.3. The Morgan fingerprint density at radius 3 is 0.583 bits per heavy atom. The molecule has 0 saturated carbocycles. The molecule has 0 heterocycles. The van der Waals surface area contributed by atoms with Crippen molar-refractivity contribution in [3.05, 3.63) is 0 Å². The maximum atomic E-state index is 10.6. The number of rotatable bonds is 0. The van der Waals surface area contributed by atoms with Crippen LogP contribution in [0.15, 0.2) is 0 Å². The van der Waals surface area contributed by atoms with Crippen LogP contribution in [-0.4, -0.2) is 51.4 Å². The van der Waals surface area contributed by atoms with Crippen LogP contribution < -0.4 is 0 Å². The van der Waals surface area contributed by atoms with E-state index in [2.05, 4.69) is 57.8 Å². The predicted octanol–water partition coefficient (Wildman–Crippen LogP) is 3.01. The molecule has 0 aliphatic heterocycles. The Bertz CT molecular complexity index is 759. The third-order valence-corrected chi connectivity index (χ3v) is 0. The zero-order valence-electron chi connectivity index (χ0n) is 4.25. The average Bonchev–Trinajstić information content (AvgIpc) is 0.439. The Labute approximate surface area is 122 Å². The van der Waals surface area contributed by atoms with Gasteiger partial charge in [0.15, 0.2) is 0 Å². The van der Waals surface area contributed by atoms with Crippen LogP contribution in [0.4, 0.5) is 0 Å². The van der Waals surface area contributed by atoms with Crippen LogP contribution in [-0.2, 0) is 15.8 Å². The van der Waals surface area contributed by atoms with Crippen molar-refractivity contribution in [2.24, 2.45) is 0 Å². The van der Waals surface area contributed by atoms with Crippen molar-refractivity contribution in [2.45, 2.75) is 0 Å². The molecular weight excluding hydrogens is 506 g/mol. The summed E-state index contributed by atoms with van der Waals surface area (Å²) in [5.74, 6) is 0. The van der Waals surface area contributed by atoms with Gasteiger partial charge in [-0.05, 0) is 0 Å². The van der Waals surface area contributed by atoms with E-state index in [-0.39, 0.29) is 51.4 Å². The minimum atomic E-state index is -12.5. The first-order valence-corrected chi connectivity index (χ1v) is 24.4. The molecule has 0 bridgehead atoms. The average molecular weight is 507 g/mol. The number of halogens is 6. The van der Waals surface area contributed by atoms with Crippen LogP contribution >= 0.6 is 57.8 Å². The van der Waals surface area contributed by atoms with Crippen LogP contribution in [0.3, 0.4) is 0 Å². The molecule has 12 heavy (non-hydrogen) atoms. The van der Waals surface area contributed by atoms with E-state index >= 15 is 0 Å². The second kappa shape index (κ2) is 1.07. The summed E-state index contributed by atoms with van der Waals surface area (Å²) >= 11 is 0. The quantitative estimate of drug-likeness (QED) is 0.474. The molecule has 0 spiro atoms. The fourth-order valence-corrected chi connectivity index (χ4v) is 0. The molecule has 4 nitrogen and oxygen atoms in total. The molecule has 0 atom stereocenters. The fraction of sp³-hybridized carbons (Fsp3) is 0. The van der Waals surface area contributed by atoms with Gasteiger partial charge in [-0.2, -0.15) is 0 Å². The molecule has 0 aliphatic carbocycles. The van der Waals surface area contributed by atoms with Crippen molar-refractivity contribution in [3.63, 3.8) is 0 Å². The van der Waals surface area contributed by atoms with Crippen molar-refractivity contribution in [3.8, 4) is 0 Å². The van der Waals surface area contributed by atoms with Crippen LogP contribution in [0.2, 0.25) is 0 Å². The van der Waals surface area contributed by atoms with Crippen LogP contribution in [0.5, 0.6) is 0 Å². The van der Waals surface area contributed by atoms with Crippen molar-refractivity contribution < 1.29 is 15.8 Å². The number of hydrogen-bond acceptors (Lipinski definition) is 4. The molecule has 0 N–H and O–H groups in total. The van der Waals surface area contributed by atoms with Gasteiger partial charge in [0.2, 0.25) is 0 Å². The Kier molecular flexibility index (Phi) is 1.57. The predicted molar refractivity (Wildman–Crippen MR) is 45.0 cm³/mol. The summed E-state index contributed by atoms with van der Waals surface area (Å²) in [6.45, 7) is 0. The normalized spacial score (nSPS) is 35.5. The van der Waals surface area contributed by atoms with E-state index in [9.17, 15) is 14.2 Å². The van der Waals surface area contributed by atoms with Gasteiger partial charge in [0, 0.05) is 0 Å². The Hall–Kier alpha value is 3.21. The summed E-state index contributed by atoms with van der Waals surface area (Å²) in [5, 5.41) is 0. The van der Waals surface area contributed by atoms with Crippen molar-refractivity contribution in [2.75, 3.05) is 0 Å². The second-order valence-electron chi connectivity index (χ2n) is 2.42. The molecule has 0 aromatic carbocycles. The summed E-state index contributed by atoms with van der Waals surface area (Å²) in [4.78, 5) is 0. The van der Waals surface area contributed by atoms with Crippen molar-refractivity contribution in [1.29, 1.82) is 0 Å². The van der Waals surface area contributed by atoms with Crippen LogP contribution in [0.25, 0.3) is 0 Å². The number of hydrogen-bond donors (Lipinski definition) is 0. The first-order valence-electron chi connectivity index (χ1n) is 1.38. The van der Waals surface area contributed by atoms with Crippen LogP contribution in [0, 0.1) is 0 Å². The van der Waals surface area contributed by atoms with Gasteiger partial charge in [0.05, 0.1) is 0 Å². The molecule has 0 fully saturated rings. The molecule has 0 rings (SSSR count). The SMILES string of the molecule is [KH].[O]=[Os](=[O])(=[O])(=[O])([Cl])([Cl])([Cl])([Cl])([Cl])[Cl]. The molecule has 76 valence electrons. The Balaban J connectivity index is 0.